The van der Waals surface area contributed by atoms with Gasteiger partial charge in [0.05, 0.1) is 19.3 Å². The van der Waals surface area contributed by atoms with Crippen LogP contribution in [0.4, 0.5) is 0 Å². The summed E-state index contributed by atoms with van der Waals surface area (Å²) in [7, 11) is -2.05. The van der Waals surface area contributed by atoms with E-state index in [0.717, 1.165) is 0 Å². The number of ketones is 1. The zero-order valence-corrected chi connectivity index (χ0v) is 16.0. The van der Waals surface area contributed by atoms with Crippen LogP contribution in [0.2, 0.25) is 18.1 Å². The second kappa shape index (κ2) is 7.57. The van der Waals surface area contributed by atoms with Crippen LogP contribution in [0.5, 0.6) is 0 Å². The van der Waals surface area contributed by atoms with Crippen LogP contribution in [0.25, 0.3) is 0 Å². The predicted molar refractivity (Wildman–Crippen MR) is 89.4 cm³/mol. The number of nitrogens with one attached hydrogen (secondary N) is 1. The Kier molecular flexibility index (Phi) is 6.53. The topological polar surface area (TPSA) is 81.7 Å². The maximum Gasteiger partial charge on any atom is 0.318 e. The second-order valence-electron chi connectivity index (χ2n) is 7.46. The van der Waals surface area contributed by atoms with Crippen LogP contribution in [0, 0.1) is 5.92 Å². The van der Waals surface area contributed by atoms with Crippen molar-refractivity contribution in [2.45, 2.75) is 64.7 Å². The Morgan fingerprint density at radius 2 is 2.00 bits per heavy atom. The molecule has 23 heavy (non-hydrogen) atoms. The average molecular weight is 343 g/mol. The van der Waals surface area contributed by atoms with E-state index in [0.29, 0.717) is 0 Å². The van der Waals surface area contributed by atoms with Gasteiger partial charge in [0.2, 0.25) is 5.91 Å². The molecule has 1 N–H and O–H groups in total. The zero-order valence-electron chi connectivity index (χ0n) is 15.0. The van der Waals surface area contributed by atoms with Crippen LogP contribution in [0.3, 0.4) is 0 Å². The Bertz CT molecular complexity index is 454. The highest BCUT2D eigenvalue weighted by molar-refractivity contribution is 6.74. The van der Waals surface area contributed by atoms with Gasteiger partial charge in [-0.1, -0.05) is 27.7 Å². The van der Waals surface area contributed by atoms with Gasteiger partial charge in [-0.15, -0.1) is 0 Å². The SMILES string of the molecule is CCC(=O)N[C@H](CO[Si](C)(C)C(C)(C)C)[C@H]1C(=O)CCOC1=O. The summed E-state index contributed by atoms with van der Waals surface area (Å²) in [5.41, 5.74) is 0. The fourth-order valence-electron chi connectivity index (χ4n) is 2.06. The first-order valence-electron chi connectivity index (χ1n) is 8.12. The molecule has 0 aromatic heterocycles. The minimum Gasteiger partial charge on any atom is -0.465 e. The van der Waals surface area contributed by atoms with Gasteiger partial charge >= 0.3 is 5.97 Å². The Morgan fingerprint density at radius 3 is 2.48 bits per heavy atom. The summed E-state index contributed by atoms with van der Waals surface area (Å²) in [6, 6.07) is -0.670. The normalized spacial score (nSPS) is 20.9. The number of ether oxygens (including phenoxy) is 1. The van der Waals surface area contributed by atoms with Gasteiger partial charge in [0, 0.05) is 12.8 Å². The highest BCUT2D eigenvalue weighted by atomic mass is 28.4. The van der Waals surface area contributed by atoms with E-state index in [2.05, 4.69) is 39.2 Å². The van der Waals surface area contributed by atoms with Crippen LogP contribution in [0.1, 0.15) is 40.5 Å². The number of Topliss-reactive ketones (excluding diaryl/α,β-unsaturated/α-hetero) is 1. The van der Waals surface area contributed by atoms with Crippen LogP contribution >= 0.6 is 0 Å². The van der Waals surface area contributed by atoms with Crippen molar-refractivity contribution in [3.8, 4) is 0 Å². The molecular weight excluding hydrogens is 314 g/mol. The quantitative estimate of drug-likeness (QED) is 0.453. The molecule has 1 fully saturated rings. The van der Waals surface area contributed by atoms with E-state index in [1.165, 1.54) is 0 Å². The number of cyclic esters (lactones) is 1. The number of carbonyl (C=O) groups excluding carboxylic acids is 3. The van der Waals surface area contributed by atoms with Crippen LogP contribution in [-0.2, 0) is 23.5 Å². The summed E-state index contributed by atoms with van der Waals surface area (Å²) in [5.74, 6) is -1.94. The lowest BCUT2D eigenvalue weighted by Gasteiger charge is -2.38. The van der Waals surface area contributed by atoms with E-state index in [1.54, 1.807) is 6.92 Å². The van der Waals surface area contributed by atoms with Gasteiger partial charge in [-0.05, 0) is 18.1 Å². The van der Waals surface area contributed by atoms with Crippen LogP contribution < -0.4 is 5.32 Å². The highest BCUT2D eigenvalue weighted by Crippen LogP contribution is 2.36. The molecule has 6 nitrogen and oxygen atoms in total. The summed E-state index contributed by atoms with van der Waals surface area (Å²) in [6.45, 7) is 12.5. The van der Waals surface area contributed by atoms with Gasteiger partial charge in [0.15, 0.2) is 14.1 Å². The molecule has 2 atom stereocenters. The maximum absolute atomic E-state index is 12.1. The molecule has 1 amide bonds. The van der Waals surface area contributed by atoms with Gasteiger partial charge in [-0.2, -0.15) is 0 Å². The standard InChI is InChI=1S/C16H29NO5Si/c1-7-13(19)17-11(10-22-23(5,6)16(2,3)4)14-12(18)8-9-21-15(14)20/h11,14H,7-10H2,1-6H3,(H,17,19)/t11-,14+/m1/s1. The summed E-state index contributed by atoms with van der Waals surface area (Å²) in [5, 5.41) is 2.76. The molecule has 0 unspecified atom stereocenters. The van der Waals surface area contributed by atoms with E-state index in [1.807, 2.05) is 0 Å². The summed E-state index contributed by atoms with van der Waals surface area (Å²) in [4.78, 5) is 35.9. The Hall–Kier alpha value is -1.21. The lowest BCUT2D eigenvalue weighted by molar-refractivity contribution is -0.159. The summed E-state index contributed by atoms with van der Waals surface area (Å²) >= 11 is 0. The maximum atomic E-state index is 12.1. The summed E-state index contributed by atoms with van der Waals surface area (Å²) < 4.78 is 11.1. The lowest BCUT2D eigenvalue weighted by Crippen LogP contribution is -2.54. The first-order chi connectivity index (χ1) is 10.5. The third-order valence-electron chi connectivity index (χ3n) is 4.69. The fourth-order valence-corrected chi connectivity index (χ4v) is 3.09. The van der Waals surface area contributed by atoms with Crippen molar-refractivity contribution in [3.05, 3.63) is 0 Å². The molecule has 1 rings (SSSR count). The third kappa shape index (κ3) is 5.14. The van der Waals surface area contributed by atoms with Crippen molar-refractivity contribution in [3.63, 3.8) is 0 Å². The van der Waals surface area contributed by atoms with Crippen molar-refractivity contribution < 1.29 is 23.5 Å². The van der Waals surface area contributed by atoms with Gasteiger partial charge in [0.25, 0.3) is 0 Å². The van der Waals surface area contributed by atoms with Crippen molar-refractivity contribution in [1.29, 1.82) is 0 Å². The lowest BCUT2D eigenvalue weighted by atomic mass is 9.92. The molecule has 0 aromatic carbocycles. The van der Waals surface area contributed by atoms with Gasteiger partial charge in [0.1, 0.15) is 5.92 Å². The van der Waals surface area contributed by atoms with Gasteiger partial charge in [-0.3, -0.25) is 14.4 Å². The molecule has 1 heterocycles. The van der Waals surface area contributed by atoms with E-state index in [4.69, 9.17) is 9.16 Å². The largest absolute Gasteiger partial charge is 0.465 e. The molecule has 0 aromatic rings. The van der Waals surface area contributed by atoms with E-state index < -0.39 is 26.2 Å². The molecular formula is C16H29NO5Si. The second-order valence-corrected chi connectivity index (χ2v) is 12.3. The van der Waals surface area contributed by atoms with Gasteiger partial charge in [-0.25, -0.2) is 0 Å². The van der Waals surface area contributed by atoms with Crippen molar-refractivity contribution in [2.24, 2.45) is 5.92 Å². The number of hydrogen-bond acceptors (Lipinski definition) is 5. The number of hydrogen-bond donors (Lipinski definition) is 1. The smallest absolute Gasteiger partial charge is 0.318 e. The minimum atomic E-state index is -2.05. The third-order valence-corrected chi connectivity index (χ3v) is 9.19. The summed E-state index contributed by atoms with van der Waals surface area (Å²) in [6.07, 6.45) is 0.474. The molecule has 0 radical (unpaired) electrons. The molecule has 0 saturated carbocycles. The Balaban J connectivity index is 2.90. The molecule has 1 aliphatic rings. The predicted octanol–water partition coefficient (Wildman–Crippen LogP) is 2.04. The van der Waals surface area contributed by atoms with Crippen molar-refractivity contribution in [2.75, 3.05) is 13.2 Å². The first-order valence-corrected chi connectivity index (χ1v) is 11.0. The monoisotopic (exact) mass is 343 g/mol. The fraction of sp³-hybridized carbons (Fsp3) is 0.812. The minimum absolute atomic E-state index is 0.00337. The molecule has 132 valence electrons. The number of rotatable bonds is 6. The Labute approximate surface area is 139 Å². The van der Waals surface area contributed by atoms with Crippen molar-refractivity contribution >= 4 is 26.0 Å². The average Bonchev–Trinajstić information content (AvgIpc) is 2.42. The number of amides is 1. The zero-order chi connectivity index (χ0) is 17.8. The first kappa shape index (κ1) is 19.8. The van der Waals surface area contributed by atoms with E-state index >= 15 is 0 Å². The van der Waals surface area contributed by atoms with E-state index in [-0.39, 0.29) is 42.8 Å². The molecule has 0 bridgehead atoms. The number of esters is 1. The van der Waals surface area contributed by atoms with Crippen molar-refractivity contribution in [1.82, 2.24) is 5.32 Å². The molecule has 1 aliphatic heterocycles. The molecule has 0 spiro atoms. The van der Waals surface area contributed by atoms with Gasteiger partial charge < -0.3 is 14.5 Å². The molecule has 7 heteroatoms. The highest BCUT2D eigenvalue weighted by Gasteiger charge is 2.42. The molecule has 1 saturated heterocycles. The van der Waals surface area contributed by atoms with Crippen LogP contribution in [0.15, 0.2) is 0 Å². The Morgan fingerprint density at radius 1 is 1.39 bits per heavy atom. The molecule has 0 aliphatic carbocycles. The van der Waals surface area contributed by atoms with Crippen LogP contribution in [-0.4, -0.2) is 45.2 Å². The van der Waals surface area contributed by atoms with E-state index in [9.17, 15) is 14.4 Å². The number of carbonyl (C=O) groups is 3.